The lowest BCUT2D eigenvalue weighted by atomic mass is 9.82. The summed E-state index contributed by atoms with van der Waals surface area (Å²) in [4.78, 5) is 0. The predicted molar refractivity (Wildman–Crippen MR) is 79.3 cm³/mol. The summed E-state index contributed by atoms with van der Waals surface area (Å²) in [5.41, 5.74) is -0.00676. The summed E-state index contributed by atoms with van der Waals surface area (Å²) in [7, 11) is 1.76. The van der Waals surface area contributed by atoms with Gasteiger partial charge in [-0.2, -0.15) is 11.8 Å². The Morgan fingerprint density at radius 3 is 3.00 bits per heavy atom. The molecule has 0 aromatic heterocycles. The third-order valence-corrected chi connectivity index (χ3v) is 5.10. The monoisotopic (exact) mass is 275 g/mol. The van der Waals surface area contributed by atoms with Crippen LogP contribution >= 0.6 is 11.8 Å². The Bertz CT molecular complexity index is 216. The van der Waals surface area contributed by atoms with E-state index in [9.17, 15) is 5.11 Å². The molecule has 0 aliphatic heterocycles. The molecule has 2 atom stereocenters. The molecule has 1 aliphatic carbocycles. The van der Waals surface area contributed by atoms with Gasteiger partial charge in [-0.15, -0.1) is 0 Å². The molecular formula is C14H29NO2S. The standard InChI is InChI=1S/C14H29NO2S/c1-3-8-15-14(12-16)7-4-6-13(11-14)18-10-5-9-17-2/h13,15-16H,3-12H2,1-2H3. The summed E-state index contributed by atoms with van der Waals surface area (Å²) >= 11 is 2.06. The van der Waals surface area contributed by atoms with E-state index in [1.807, 2.05) is 0 Å². The predicted octanol–water partition coefficient (Wildman–Crippen LogP) is 2.43. The Hall–Kier alpha value is 0.230. The second kappa shape index (κ2) is 9.18. The molecule has 18 heavy (non-hydrogen) atoms. The van der Waals surface area contributed by atoms with Crippen LogP contribution in [0.2, 0.25) is 0 Å². The third kappa shape index (κ3) is 5.47. The molecule has 0 amide bonds. The summed E-state index contributed by atoms with van der Waals surface area (Å²) in [6.07, 6.45) is 7.03. The van der Waals surface area contributed by atoms with E-state index in [0.717, 1.165) is 38.8 Å². The minimum Gasteiger partial charge on any atom is -0.394 e. The van der Waals surface area contributed by atoms with Crippen molar-refractivity contribution in [3.05, 3.63) is 0 Å². The van der Waals surface area contributed by atoms with Crippen molar-refractivity contribution in [1.29, 1.82) is 0 Å². The van der Waals surface area contributed by atoms with Crippen molar-refractivity contribution in [1.82, 2.24) is 5.32 Å². The van der Waals surface area contributed by atoms with Crippen LogP contribution in [0.5, 0.6) is 0 Å². The van der Waals surface area contributed by atoms with Crippen LogP contribution in [0.4, 0.5) is 0 Å². The van der Waals surface area contributed by atoms with Crippen LogP contribution in [-0.2, 0) is 4.74 Å². The molecule has 0 heterocycles. The van der Waals surface area contributed by atoms with Gasteiger partial charge in [0.2, 0.25) is 0 Å². The molecule has 0 spiro atoms. The first-order chi connectivity index (χ1) is 8.76. The summed E-state index contributed by atoms with van der Waals surface area (Å²) in [6, 6.07) is 0. The van der Waals surface area contributed by atoms with Crippen molar-refractivity contribution in [3.8, 4) is 0 Å². The summed E-state index contributed by atoms with van der Waals surface area (Å²) in [5, 5.41) is 14.0. The van der Waals surface area contributed by atoms with Gasteiger partial charge in [0.05, 0.1) is 6.61 Å². The number of ether oxygens (including phenoxy) is 1. The van der Waals surface area contributed by atoms with Gasteiger partial charge in [-0.1, -0.05) is 13.3 Å². The van der Waals surface area contributed by atoms with E-state index in [-0.39, 0.29) is 12.1 Å². The van der Waals surface area contributed by atoms with Crippen LogP contribution in [0.25, 0.3) is 0 Å². The van der Waals surface area contributed by atoms with Gasteiger partial charge >= 0.3 is 0 Å². The van der Waals surface area contributed by atoms with E-state index < -0.39 is 0 Å². The zero-order valence-electron chi connectivity index (χ0n) is 11.9. The first kappa shape index (κ1) is 16.3. The van der Waals surface area contributed by atoms with Gasteiger partial charge in [-0.25, -0.2) is 0 Å². The Labute approximate surface area is 116 Å². The van der Waals surface area contributed by atoms with Gasteiger partial charge in [0.25, 0.3) is 0 Å². The Kier molecular flexibility index (Phi) is 8.31. The molecule has 0 aromatic carbocycles. The van der Waals surface area contributed by atoms with Crippen molar-refractivity contribution >= 4 is 11.8 Å². The topological polar surface area (TPSA) is 41.5 Å². The fourth-order valence-corrected chi connectivity index (χ4v) is 4.04. The highest BCUT2D eigenvalue weighted by atomic mass is 32.2. The number of methoxy groups -OCH3 is 1. The second-order valence-corrected chi connectivity index (χ2v) is 6.71. The Morgan fingerprint density at radius 1 is 1.50 bits per heavy atom. The summed E-state index contributed by atoms with van der Waals surface area (Å²) in [6.45, 7) is 4.33. The van der Waals surface area contributed by atoms with E-state index in [2.05, 4.69) is 24.0 Å². The maximum absolute atomic E-state index is 9.70. The van der Waals surface area contributed by atoms with E-state index in [4.69, 9.17) is 4.74 Å². The van der Waals surface area contributed by atoms with E-state index >= 15 is 0 Å². The molecule has 2 unspecified atom stereocenters. The maximum Gasteiger partial charge on any atom is 0.0613 e. The van der Waals surface area contributed by atoms with Crippen LogP contribution < -0.4 is 5.32 Å². The molecule has 108 valence electrons. The lowest BCUT2D eigenvalue weighted by Crippen LogP contribution is -2.52. The van der Waals surface area contributed by atoms with Gasteiger partial charge in [0, 0.05) is 24.5 Å². The first-order valence-corrected chi connectivity index (χ1v) is 8.27. The van der Waals surface area contributed by atoms with Gasteiger partial charge in [0.15, 0.2) is 0 Å². The van der Waals surface area contributed by atoms with Crippen molar-refractivity contribution in [2.24, 2.45) is 0 Å². The molecule has 0 saturated heterocycles. The fraction of sp³-hybridized carbons (Fsp3) is 1.00. The number of hydrogen-bond donors (Lipinski definition) is 2. The van der Waals surface area contributed by atoms with Crippen LogP contribution in [0.15, 0.2) is 0 Å². The van der Waals surface area contributed by atoms with Crippen molar-refractivity contribution in [3.63, 3.8) is 0 Å². The van der Waals surface area contributed by atoms with Crippen molar-refractivity contribution in [2.75, 3.05) is 32.6 Å². The normalized spacial score (nSPS) is 28.5. The lowest BCUT2D eigenvalue weighted by Gasteiger charge is -2.40. The van der Waals surface area contributed by atoms with Gasteiger partial charge in [0.1, 0.15) is 0 Å². The highest BCUT2D eigenvalue weighted by Crippen LogP contribution is 2.35. The molecule has 0 aromatic rings. The molecular weight excluding hydrogens is 246 g/mol. The number of nitrogens with one attached hydrogen (secondary N) is 1. The fourth-order valence-electron chi connectivity index (χ4n) is 2.65. The lowest BCUT2D eigenvalue weighted by molar-refractivity contribution is 0.124. The SMILES string of the molecule is CCCNC1(CO)CCCC(SCCCOC)C1. The molecule has 0 radical (unpaired) electrons. The Morgan fingerprint density at radius 2 is 2.33 bits per heavy atom. The quantitative estimate of drug-likeness (QED) is 0.634. The molecule has 3 nitrogen and oxygen atoms in total. The molecule has 4 heteroatoms. The number of aliphatic hydroxyl groups is 1. The molecule has 1 rings (SSSR count). The molecule has 1 aliphatic rings. The Balaban J connectivity index is 2.33. The summed E-state index contributed by atoms with van der Waals surface area (Å²) < 4.78 is 5.08. The van der Waals surface area contributed by atoms with Crippen molar-refractivity contribution in [2.45, 2.75) is 56.2 Å². The van der Waals surface area contributed by atoms with Gasteiger partial charge in [-0.3, -0.25) is 0 Å². The minimum absolute atomic E-state index is 0.00676. The largest absolute Gasteiger partial charge is 0.394 e. The number of thioether (sulfide) groups is 1. The number of rotatable bonds is 9. The highest BCUT2D eigenvalue weighted by molar-refractivity contribution is 7.99. The maximum atomic E-state index is 9.70. The second-order valence-electron chi connectivity index (χ2n) is 5.30. The zero-order chi connectivity index (χ0) is 13.3. The first-order valence-electron chi connectivity index (χ1n) is 7.23. The van der Waals surface area contributed by atoms with Crippen LogP contribution in [0.1, 0.15) is 45.4 Å². The molecule has 1 fully saturated rings. The average Bonchev–Trinajstić information content (AvgIpc) is 2.42. The van der Waals surface area contributed by atoms with Gasteiger partial charge in [-0.05, 0) is 44.4 Å². The van der Waals surface area contributed by atoms with Crippen LogP contribution in [-0.4, -0.2) is 48.5 Å². The minimum atomic E-state index is -0.00676. The molecule has 0 bridgehead atoms. The van der Waals surface area contributed by atoms with Crippen LogP contribution in [0.3, 0.4) is 0 Å². The van der Waals surface area contributed by atoms with E-state index in [0.29, 0.717) is 5.25 Å². The smallest absolute Gasteiger partial charge is 0.0613 e. The van der Waals surface area contributed by atoms with E-state index in [1.54, 1.807) is 7.11 Å². The van der Waals surface area contributed by atoms with Gasteiger partial charge < -0.3 is 15.2 Å². The average molecular weight is 275 g/mol. The number of hydrogen-bond acceptors (Lipinski definition) is 4. The summed E-state index contributed by atoms with van der Waals surface area (Å²) in [5.74, 6) is 1.17. The third-order valence-electron chi connectivity index (χ3n) is 3.70. The zero-order valence-corrected chi connectivity index (χ0v) is 12.7. The molecule has 2 N–H and O–H groups in total. The van der Waals surface area contributed by atoms with E-state index in [1.165, 1.54) is 18.6 Å². The number of aliphatic hydroxyl groups excluding tert-OH is 1. The molecule has 1 saturated carbocycles. The highest BCUT2D eigenvalue weighted by Gasteiger charge is 2.35. The van der Waals surface area contributed by atoms with Crippen LogP contribution in [0, 0.1) is 0 Å². The van der Waals surface area contributed by atoms with Crippen molar-refractivity contribution < 1.29 is 9.84 Å².